The largest absolute Gasteiger partial charge is 0.356 e. The van der Waals surface area contributed by atoms with Crippen LogP contribution >= 0.6 is 24.0 Å². The number of nitrogens with one attached hydrogen (secondary N) is 2. The third-order valence-electron chi connectivity index (χ3n) is 4.98. The van der Waals surface area contributed by atoms with Crippen molar-refractivity contribution in [2.45, 2.75) is 52.1 Å². The number of hydrogen-bond donors (Lipinski definition) is 2. The van der Waals surface area contributed by atoms with Crippen LogP contribution in [0.3, 0.4) is 0 Å². The van der Waals surface area contributed by atoms with Crippen LogP contribution in [0.2, 0.25) is 0 Å². The summed E-state index contributed by atoms with van der Waals surface area (Å²) in [4.78, 5) is 11.3. The molecule has 25 heavy (non-hydrogen) atoms. The van der Waals surface area contributed by atoms with E-state index in [0.717, 1.165) is 56.6 Å². The van der Waals surface area contributed by atoms with Gasteiger partial charge in [0.2, 0.25) is 0 Å². The fraction of sp³-hybridized carbons (Fsp3) is 0.684. The number of aromatic nitrogens is 1. The van der Waals surface area contributed by atoms with E-state index >= 15 is 0 Å². The van der Waals surface area contributed by atoms with Gasteiger partial charge in [0.25, 0.3) is 0 Å². The number of pyridine rings is 1. The zero-order chi connectivity index (χ0) is 17.2. The van der Waals surface area contributed by atoms with Crippen molar-refractivity contribution in [2.75, 3.05) is 26.7 Å². The zero-order valence-electron chi connectivity index (χ0n) is 15.9. The molecule has 0 bridgehead atoms. The van der Waals surface area contributed by atoms with Crippen LogP contribution in [-0.2, 0) is 6.54 Å². The van der Waals surface area contributed by atoms with E-state index in [1.807, 2.05) is 19.3 Å². The second-order valence-electron chi connectivity index (χ2n) is 6.65. The average molecular weight is 459 g/mol. The van der Waals surface area contributed by atoms with E-state index in [1.165, 1.54) is 12.8 Å². The number of piperidine rings is 1. The standard InChI is InChI=1S/C19H33N5.HI/c1-4-16(5-2)14-22-19(20-3)23-17-9-12-24(13-10-17)15-18-8-6-7-11-21-18;/h6-8,11,16-17H,4-5,9-10,12-15H2,1-3H3,(H2,20,22,23);1H. The quantitative estimate of drug-likeness (QED) is 0.374. The maximum atomic E-state index is 4.42. The zero-order valence-corrected chi connectivity index (χ0v) is 18.2. The lowest BCUT2D eigenvalue weighted by Gasteiger charge is -2.33. The first kappa shape index (κ1) is 22.2. The number of nitrogens with zero attached hydrogens (tertiary/aromatic N) is 3. The lowest BCUT2D eigenvalue weighted by molar-refractivity contribution is 0.196. The van der Waals surface area contributed by atoms with Gasteiger partial charge in [0, 0.05) is 45.5 Å². The molecule has 1 aliphatic heterocycles. The summed E-state index contributed by atoms with van der Waals surface area (Å²) in [5.74, 6) is 1.67. The highest BCUT2D eigenvalue weighted by atomic mass is 127. The number of hydrogen-bond acceptors (Lipinski definition) is 3. The Morgan fingerprint density at radius 1 is 1.28 bits per heavy atom. The van der Waals surface area contributed by atoms with E-state index in [-0.39, 0.29) is 24.0 Å². The Balaban J connectivity index is 0.00000312. The summed E-state index contributed by atoms with van der Waals surface area (Å²) >= 11 is 0. The van der Waals surface area contributed by atoms with Gasteiger partial charge in [-0.2, -0.15) is 0 Å². The van der Waals surface area contributed by atoms with Crippen LogP contribution in [0.15, 0.2) is 29.4 Å². The Hall–Kier alpha value is -0.890. The predicted octanol–water partition coefficient (Wildman–Crippen LogP) is 3.27. The summed E-state index contributed by atoms with van der Waals surface area (Å²) in [6.45, 7) is 8.68. The topological polar surface area (TPSA) is 52.6 Å². The fourth-order valence-corrected chi connectivity index (χ4v) is 3.16. The van der Waals surface area contributed by atoms with Gasteiger partial charge in [-0.1, -0.05) is 32.8 Å². The van der Waals surface area contributed by atoms with E-state index in [1.54, 1.807) is 0 Å². The Morgan fingerprint density at radius 2 is 2.00 bits per heavy atom. The normalized spacial score (nSPS) is 16.6. The molecule has 0 atom stereocenters. The Bertz CT molecular complexity index is 482. The SMILES string of the molecule is CCC(CC)CNC(=NC)NC1CCN(Cc2ccccn2)CC1.I. The molecular formula is C19H34IN5. The molecule has 0 spiro atoms. The molecule has 1 aromatic heterocycles. The summed E-state index contributed by atoms with van der Waals surface area (Å²) < 4.78 is 0. The highest BCUT2D eigenvalue weighted by Gasteiger charge is 2.20. The highest BCUT2D eigenvalue weighted by molar-refractivity contribution is 14.0. The number of aliphatic imine (C=N–C) groups is 1. The summed E-state index contributed by atoms with van der Waals surface area (Å²) in [5, 5.41) is 7.08. The molecule has 2 heterocycles. The first-order valence-electron chi connectivity index (χ1n) is 9.34. The fourth-order valence-electron chi connectivity index (χ4n) is 3.16. The highest BCUT2D eigenvalue weighted by Crippen LogP contribution is 2.13. The average Bonchev–Trinajstić information content (AvgIpc) is 2.64. The third kappa shape index (κ3) is 7.90. The minimum absolute atomic E-state index is 0. The molecule has 0 radical (unpaired) electrons. The van der Waals surface area contributed by atoms with Gasteiger partial charge in [-0.05, 0) is 30.9 Å². The molecule has 5 nitrogen and oxygen atoms in total. The second kappa shape index (κ2) is 12.5. The minimum atomic E-state index is 0. The molecule has 0 aliphatic carbocycles. The summed E-state index contributed by atoms with van der Waals surface area (Å²) in [6, 6.07) is 6.65. The van der Waals surface area contributed by atoms with Gasteiger partial charge in [0.1, 0.15) is 0 Å². The van der Waals surface area contributed by atoms with Crippen molar-refractivity contribution >= 4 is 29.9 Å². The molecule has 142 valence electrons. The van der Waals surface area contributed by atoms with E-state index in [9.17, 15) is 0 Å². The third-order valence-corrected chi connectivity index (χ3v) is 4.98. The van der Waals surface area contributed by atoms with Crippen LogP contribution in [0, 0.1) is 5.92 Å². The molecule has 2 rings (SSSR count). The predicted molar refractivity (Wildman–Crippen MR) is 117 cm³/mol. The Kier molecular flexibility index (Phi) is 11.0. The summed E-state index contributed by atoms with van der Waals surface area (Å²) in [6.07, 6.45) is 6.61. The first-order chi connectivity index (χ1) is 11.7. The molecule has 0 unspecified atom stereocenters. The van der Waals surface area contributed by atoms with Gasteiger partial charge in [0.15, 0.2) is 5.96 Å². The first-order valence-corrected chi connectivity index (χ1v) is 9.34. The molecule has 0 saturated carbocycles. The molecule has 1 fully saturated rings. The van der Waals surface area contributed by atoms with Gasteiger partial charge >= 0.3 is 0 Å². The van der Waals surface area contributed by atoms with Crippen molar-refractivity contribution < 1.29 is 0 Å². The van der Waals surface area contributed by atoms with Crippen LogP contribution in [0.5, 0.6) is 0 Å². The van der Waals surface area contributed by atoms with Gasteiger partial charge in [-0.25, -0.2) is 0 Å². The van der Waals surface area contributed by atoms with E-state index in [2.05, 4.69) is 51.5 Å². The van der Waals surface area contributed by atoms with Crippen molar-refractivity contribution in [3.63, 3.8) is 0 Å². The van der Waals surface area contributed by atoms with Crippen molar-refractivity contribution in [3.8, 4) is 0 Å². The maximum Gasteiger partial charge on any atom is 0.191 e. The van der Waals surface area contributed by atoms with E-state index in [4.69, 9.17) is 0 Å². The van der Waals surface area contributed by atoms with Crippen molar-refractivity contribution in [1.29, 1.82) is 0 Å². The van der Waals surface area contributed by atoms with E-state index in [0.29, 0.717) is 6.04 Å². The minimum Gasteiger partial charge on any atom is -0.356 e. The number of likely N-dealkylation sites (tertiary alicyclic amines) is 1. The molecule has 1 saturated heterocycles. The second-order valence-corrected chi connectivity index (χ2v) is 6.65. The van der Waals surface area contributed by atoms with Crippen molar-refractivity contribution in [1.82, 2.24) is 20.5 Å². The van der Waals surface area contributed by atoms with Crippen LogP contribution in [0.4, 0.5) is 0 Å². The van der Waals surface area contributed by atoms with Gasteiger partial charge in [-0.15, -0.1) is 24.0 Å². The lowest BCUT2D eigenvalue weighted by atomic mass is 10.0. The van der Waals surface area contributed by atoms with Crippen LogP contribution < -0.4 is 10.6 Å². The molecule has 6 heteroatoms. The van der Waals surface area contributed by atoms with Gasteiger partial charge < -0.3 is 10.6 Å². The molecular weight excluding hydrogens is 425 g/mol. The molecule has 1 aliphatic rings. The number of guanidine groups is 1. The summed E-state index contributed by atoms with van der Waals surface area (Å²) in [7, 11) is 1.86. The van der Waals surface area contributed by atoms with Gasteiger partial charge in [-0.3, -0.25) is 14.9 Å². The summed E-state index contributed by atoms with van der Waals surface area (Å²) in [5.41, 5.74) is 1.16. The van der Waals surface area contributed by atoms with E-state index < -0.39 is 0 Å². The molecule has 2 N–H and O–H groups in total. The monoisotopic (exact) mass is 459 g/mol. The Morgan fingerprint density at radius 3 is 2.56 bits per heavy atom. The number of halogens is 1. The van der Waals surface area contributed by atoms with Crippen LogP contribution in [0.1, 0.15) is 45.2 Å². The van der Waals surface area contributed by atoms with Crippen molar-refractivity contribution in [2.24, 2.45) is 10.9 Å². The molecule has 0 amide bonds. The maximum absolute atomic E-state index is 4.42. The van der Waals surface area contributed by atoms with Gasteiger partial charge in [0.05, 0.1) is 5.69 Å². The van der Waals surface area contributed by atoms with Crippen LogP contribution in [0.25, 0.3) is 0 Å². The van der Waals surface area contributed by atoms with Crippen molar-refractivity contribution in [3.05, 3.63) is 30.1 Å². The smallest absolute Gasteiger partial charge is 0.191 e. The molecule has 1 aromatic rings. The number of rotatable bonds is 7. The lowest BCUT2D eigenvalue weighted by Crippen LogP contribution is -2.49. The Labute approximate surface area is 170 Å². The van der Waals surface area contributed by atoms with Crippen LogP contribution in [-0.4, -0.2) is 48.6 Å². The molecule has 0 aromatic carbocycles.